The van der Waals surface area contributed by atoms with Gasteiger partial charge < -0.3 is 14.4 Å². The van der Waals surface area contributed by atoms with E-state index >= 15 is 0 Å². The fraction of sp³-hybridized carbons (Fsp3) is 0.318. The molecule has 2 heterocycles. The van der Waals surface area contributed by atoms with Crippen molar-refractivity contribution in [2.24, 2.45) is 0 Å². The number of amides is 1. The number of aromatic nitrogens is 2. The van der Waals surface area contributed by atoms with Gasteiger partial charge in [-0.3, -0.25) is 0 Å². The molecule has 1 aliphatic rings. The van der Waals surface area contributed by atoms with Gasteiger partial charge in [-0.2, -0.15) is 5.10 Å². The minimum Gasteiger partial charge on any atom is -0.492 e. The third-order valence-corrected chi connectivity index (χ3v) is 4.62. The molecule has 0 spiro atoms. The van der Waals surface area contributed by atoms with Crippen LogP contribution < -0.4 is 0 Å². The van der Waals surface area contributed by atoms with E-state index in [9.17, 15) is 4.79 Å². The lowest BCUT2D eigenvalue weighted by atomic mass is 9.94. The topological polar surface area (TPSA) is 64.6 Å². The highest BCUT2D eigenvalue weighted by Gasteiger charge is 2.23. The molecule has 0 saturated carbocycles. The Bertz CT molecular complexity index is 878. The highest BCUT2D eigenvalue weighted by Crippen LogP contribution is 2.30. The van der Waals surface area contributed by atoms with Crippen LogP contribution in [0.2, 0.25) is 0 Å². The van der Waals surface area contributed by atoms with Gasteiger partial charge in [-0.25, -0.2) is 4.79 Å². The number of hydrogen-bond acceptors (Lipinski definition) is 5. The summed E-state index contributed by atoms with van der Waals surface area (Å²) in [4.78, 5) is 14.1. The van der Waals surface area contributed by atoms with Crippen molar-refractivity contribution in [1.82, 2.24) is 15.1 Å². The van der Waals surface area contributed by atoms with Crippen LogP contribution in [0, 0.1) is 6.92 Å². The smallest absolute Gasteiger partial charge is 0.410 e. The lowest BCUT2D eigenvalue weighted by Gasteiger charge is -2.27. The third-order valence-electron chi connectivity index (χ3n) is 4.62. The van der Waals surface area contributed by atoms with E-state index < -0.39 is 0 Å². The minimum absolute atomic E-state index is 0.276. The first-order valence-corrected chi connectivity index (χ1v) is 9.39. The van der Waals surface area contributed by atoms with Crippen molar-refractivity contribution in [3.05, 3.63) is 71.6 Å². The number of benzene rings is 1. The highest BCUT2D eigenvalue weighted by molar-refractivity contribution is 5.78. The van der Waals surface area contributed by atoms with Crippen molar-refractivity contribution < 1.29 is 14.3 Å². The quantitative estimate of drug-likeness (QED) is 0.703. The predicted octanol–water partition coefficient (Wildman–Crippen LogP) is 4.22. The lowest BCUT2D eigenvalue weighted by molar-refractivity contribution is 0.0998. The second kappa shape index (κ2) is 9.17. The number of hydrogen-bond donors (Lipinski definition) is 0. The van der Waals surface area contributed by atoms with Gasteiger partial charge >= 0.3 is 6.09 Å². The summed E-state index contributed by atoms with van der Waals surface area (Å²) in [6.45, 7) is 9.75. The Hall–Kier alpha value is -3.15. The summed E-state index contributed by atoms with van der Waals surface area (Å²) >= 11 is 0. The molecular formula is C22H25N3O3. The number of carbonyl (C=O) groups is 1. The Morgan fingerprint density at radius 3 is 2.71 bits per heavy atom. The Labute approximate surface area is 165 Å². The fourth-order valence-electron chi connectivity index (χ4n) is 3.19. The van der Waals surface area contributed by atoms with E-state index in [-0.39, 0.29) is 12.7 Å². The van der Waals surface area contributed by atoms with Gasteiger partial charge in [0.25, 0.3) is 0 Å². The summed E-state index contributed by atoms with van der Waals surface area (Å²) in [5.41, 5.74) is 4.76. The van der Waals surface area contributed by atoms with Crippen LogP contribution in [0.4, 0.5) is 4.79 Å². The number of rotatable bonds is 6. The maximum atomic E-state index is 12.4. The third kappa shape index (κ3) is 4.57. The molecule has 146 valence electrons. The van der Waals surface area contributed by atoms with Crippen molar-refractivity contribution in [3.63, 3.8) is 0 Å². The normalized spacial score (nSPS) is 13.6. The Morgan fingerprint density at radius 1 is 1.25 bits per heavy atom. The molecule has 0 aliphatic carbocycles. The molecule has 28 heavy (non-hydrogen) atoms. The molecule has 6 nitrogen and oxygen atoms in total. The molecule has 1 aromatic heterocycles. The molecule has 1 aliphatic heterocycles. The van der Waals surface area contributed by atoms with Crippen LogP contribution in [0.3, 0.4) is 0 Å². The second-order valence-corrected chi connectivity index (χ2v) is 6.57. The van der Waals surface area contributed by atoms with Crippen LogP contribution in [-0.2, 0) is 16.1 Å². The van der Waals surface area contributed by atoms with E-state index in [0.717, 1.165) is 22.3 Å². The molecule has 0 fully saturated rings. The summed E-state index contributed by atoms with van der Waals surface area (Å²) in [7, 11) is 0. The zero-order valence-corrected chi connectivity index (χ0v) is 16.4. The van der Waals surface area contributed by atoms with Crippen molar-refractivity contribution in [3.8, 4) is 0 Å². The zero-order chi connectivity index (χ0) is 19.9. The number of carbonyl (C=O) groups excluding carboxylic acids is 1. The van der Waals surface area contributed by atoms with Crippen LogP contribution >= 0.6 is 0 Å². The monoisotopic (exact) mass is 379 g/mol. The molecule has 0 radical (unpaired) electrons. The van der Waals surface area contributed by atoms with Crippen LogP contribution in [0.25, 0.3) is 11.3 Å². The molecule has 0 bridgehead atoms. The van der Waals surface area contributed by atoms with Gasteiger partial charge in [0, 0.05) is 18.7 Å². The SMILES string of the molecule is C=C(OCC)c1nncc(C)c1C1=CCN(C(=O)OCc2ccccc2)CC1. The Kier molecular flexibility index (Phi) is 6.42. The second-order valence-electron chi connectivity index (χ2n) is 6.57. The highest BCUT2D eigenvalue weighted by atomic mass is 16.6. The van der Waals surface area contributed by atoms with Crippen LogP contribution in [0.15, 0.2) is 49.2 Å². The van der Waals surface area contributed by atoms with Crippen molar-refractivity contribution >= 4 is 17.4 Å². The van der Waals surface area contributed by atoms with E-state index in [1.165, 1.54) is 0 Å². The molecular weight excluding hydrogens is 354 g/mol. The lowest BCUT2D eigenvalue weighted by Crippen LogP contribution is -2.35. The predicted molar refractivity (Wildman–Crippen MR) is 108 cm³/mol. The molecule has 6 heteroatoms. The van der Waals surface area contributed by atoms with Crippen molar-refractivity contribution in [1.29, 1.82) is 0 Å². The number of nitrogens with zero attached hydrogens (tertiary/aromatic N) is 3. The average Bonchev–Trinajstić information content (AvgIpc) is 2.73. The van der Waals surface area contributed by atoms with Crippen LogP contribution in [0.5, 0.6) is 0 Å². The maximum absolute atomic E-state index is 12.4. The summed E-state index contributed by atoms with van der Waals surface area (Å²) in [6, 6.07) is 9.67. The molecule has 0 saturated heterocycles. The summed E-state index contributed by atoms with van der Waals surface area (Å²) in [6.07, 6.45) is 4.18. The van der Waals surface area contributed by atoms with Gasteiger partial charge in [-0.1, -0.05) is 43.0 Å². The first-order chi connectivity index (χ1) is 13.6. The number of aryl methyl sites for hydroxylation is 1. The summed E-state index contributed by atoms with van der Waals surface area (Å²) in [5, 5.41) is 8.27. The molecule has 1 aromatic carbocycles. The first kappa shape index (κ1) is 19.6. The molecule has 0 N–H and O–H groups in total. The van der Waals surface area contributed by atoms with Gasteiger partial charge in [0.1, 0.15) is 18.1 Å². The fourth-order valence-corrected chi connectivity index (χ4v) is 3.19. The molecule has 3 rings (SSSR count). The van der Waals surface area contributed by atoms with E-state index in [1.807, 2.05) is 50.3 Å². The van der Waals surface area contributed by atoms with E-state index in [2.05, 4.69) is 16.8 Å². The maximum Gasteiger partial charge on any atom is 0.410 e. The molecule has 1 amide bonds. The average molecular weight is 379 g/mol. The van der Waals surface area contributed by atoms with Gasteiger partial charge in [0.15, 0.2) is 0 Å². The van der Waals surface area contributed by atoms with Gasteiger partial charge in [0.2, 0.25) is 0 Å². The van der Waals surface area contributed by atoms with E-state index in [4.69, 9.17) is 9.47 Å². The van der Waals surface area contributed by atoms with E-state index in [0.29, 0.717) is 37.6 Å². The van der Waals surface area contributed by atoms with Crippen LogP contribution in [0.1, 0.15) is 35.7 Å². The summed E-state index contributed by atoms with van der Waals surface area (Å²) in [5.74, 6) is 0.513. The molecule has 2 aromatic rings. The van der Waals surface area contributed by atoms with Gasteiger partial charge in [-0.05, 0) is 37.0 Å². The Balaban J connectivity index is 1.68. The zero-order valence-electron chi connectivity index (χ0n) is 16.4. The molecule has 0 unspecified atom stereocenters. The first-order valence-electron chi connectivity index (χ1n) is 9.39. The van der Waals surface area contributed by atoms with Crippen molar-refractivity contribution in [2.45, 2.75) is 26.9 Å². The summed E-state index contributed by atoms with van der Waals surface area (Å²) < 4.78 is 11.0. The standard InChI is InChI=1S/C22H25N3O3/c1-4-27-17(3)21-20(16(2)14-23-24-21)19-10-12-25(13-11-19)22(26)28-15-18-8-6-5-7-9-18/h5-10,14H,3-4,11-13,15H2,1-2H3. The van der Waals surface area contributed by atoms with Gasteiger partial charge in [-0.15, -0.1) is 5.10 Å². The van der Waals surface area contributed by atoms with Crippen molar-refractivity contribution in [2.75, 3.05) is 19.7 Å². The number of ether oxygens (including phenoxy) is 2. The Morgan fingerprint density at radius 2 is 2.04 bits per heavy atom. The molecule has 0 atom stereocenters. The van der Waals surface area contributed by atoms with E-state index in [1.54, 1.807) is 11.1 Å². The van der Waals surface area contributed by atoms with Gasteiger partial charge in [0.05, 0.1) is 12.8 Å². The van der Waals surface area contributed by atoms with Crippen LogP contribution in [-0.4, -0.2) is 40.9 Å². The largest absolute Gasteiger partial charge is 0.492 e. The minimum atomic E-state index is -0.303.